The quantitative estimate of drug-likeness (QED) is 0.567. The van der Waals surface area contributed by atoms with Gasteiger partial charge >= 0.3 is 0 Å². The molecule has 2 nitrogen and oxygen atoms in total. The molecule has 0 saturated carbocycles. The molecule has 0 spiro atoms. The molecule has 10 heavy (non-hydrogen) atoms. The van der Waals surface area contributed by atoms with Crippen LogP contribution in [0.3, 0.4) is 0 Å². The van der Waals surface area contributed by atoms with Crippen LogP contribution in [0, 0.1) is 11.3 Å². The van der Waals surface area contributed by atoms with Gasteiger partial charge in [-0.3, -0.25) is 0 Å². The number of hydrogen-bond acceptors (Lipinski definition) is 2. The molecule has 2 fully saturated rings. The minimum atomic E-state index is 0. The van der Waals surface area contributed by atoms with Crippen LogP contribution in [-0.2, 0) is 4.74 Å². The second-order valence-corrected chi connectivity index (χ2v) is 3.50. The molecular weight excluding hydrogens is 150 g/mol. The first-order valence-corrected chi connectivity index (χ1v) is 3.60. The Morgan fingerprint density at radius 3 is 3.10 bits per heavy atom. The maximum absolute atomic E-state index is 5.37. The molecule has 0 aromatic rings. The number of hydrogen-bond donors (Lipinski definition) is 1. The lowest BCUT2D eigenvalue weighted by Gasteiger charge is -2.18. The monoisotopic (exact) mass is 163 g/mol. The van der Waals surface area contributed by atoms with E-state index in [9.17, 15) is 0 Å². The Bertz CT molecular complexity index is 119. The Morgan fingerprint density at radius 2 is 2.40 bits per heavy atom. The lowest BCUT2D eigenvalue weighted by Crippen LogP contribution is -2.24. The zero-order valence-electron chi connectivity index (χ0n) is 6.22. The van der Waals surface area contributed by atoms with Crippen LogP contribution in [0.1, 0.15) is 6.92 Å². The van der Waals surface area contributed by atoms with Gasteiger partial charge in [0.2, 0.25) is 0 Å². The SMILES string of the molecule is C[C@]12CNC[C@H]1COC2.Cl. The summed E-state index contributed by atoms with van der Waals surface area (Å²) in [5, 5.41) is 3.38. The van der Waals surface area contributed by atoms with Gasteiger partial charge in [-0.1, -0.05) is 6.92 Å². The second-order valence-electron chi connectivity index (χ2n) is 3.50. The standard InChI is InChI=1S/C7H13NO.ClH/c1-7-4-8-2-6(7)3-9-5-7;/h6,8H,2-5H2,1H3;1H/t6-,7+;/m0./s1. The van der Waals surface area contributed by atoms with Gasteiger partial charge in [0.05, 0.1) is 13.2 Å². The average molecular weight is 164 g/mol. The van der Waals surface area contributed by atoms with Crippen molar-refractivity contribution >= 4 is 12.4 Å². The molecule has 2 aliphatic rings. The summed E-state index contributed by atoms with van der Waals surface area (Å²) in [6, 6.07) is 0. The molecule has 0 unspecified atom stereocenters. The van der Waals surface area contributed by atoms with E-state index in [1.807, 2.05) is 0 Å². The Balaban J connectivity index is 0.000000500. The molecule has 2 saturated heterocycles. The van der Waals surface area contributed by atoms with Crippen LogP contribution in [-0.4, -0.2) is 26.3 Å². The molecule has 3 heteroatoms. The van der Waals surface area contributed by atoms with Gasteiger partial charge < -0.3 is 10.1 Å². The highest BCUT2D eigenvalue weighted by molar-refractivity contribution is 5.85. The highest BCUT2D eigenvalue weighted by Crippen LogP contribution is 2.36. The van der Waals surface area contributed by atoms with Gasteiger partial charge in [-0.05, 0) is 0 Å². The fourth-order valence-electron chi connectivity index (χ4n) is 1.79. The molecule has 0 aliphatic carbocycles. The Hall–Kier alpha value is 0.210. The van der Waals surface area contributed by atoms with Gasteiger partial charge in [-0.25, -0.2) is 0 Å². The third-order valence-corrected chi connectivity index (χ3v) is 2.66. The number of ether oxygens (including phenoxy) is 1. The van der Waals surface area contributed by atoms with Gasteiger partial charge in [-0.2, -0.15) is 0 Å². The first kappa shape index (κ1) is 8.31. The average Bonchev–Trinajstić information content (AvgIpc) is 2.22. The van der Waals surface area contributed by atoms with Crippen LogP contribution in [0.5, 0.6) is 0 Å². The van der Waals surface area contributed by atoms with Gasteiger partial charge in [-0.15, -0.1) is 12.4 Å². The first-order valence-electron chi connectivity index (χ1n) is 3.60. The molecule has 0 radical (unpaired) electrons. The molecule has 0 aromatic heterocycles. The van der Waals surface area contributed by atoms with Crippen LogP contribution >= 0.6 is 12.4 Å². The molecule has 60 valence electrons. The molecular formula is C7H14ClNO. The predicted octanol–water partition coefficient (Wildman–Crippen LogP) is 0.664. The van der Waals surface area contributed by atoms with Crippen LogP contribution < -0.4 is 5.32 Å². The molecule has 2 heterocycles. The first-order chi connectivity index (χ1) is 4.31. The summed E-state index contributed by atoms with van der Waals surface area (Å²) in [7, 11) is 0. The molecule has 0 aromatic carbocycles. The Morgan fingerprint density at radius 1 is 1.60 bits per heavy atom. The molecule has 2 aliphatic heterocycles. The van der Waals surface area contributed by atoms with Crippen LogP contribution in [0.15, 0.2) is 0 Å². The molecule has 0 amide bonds. The van der Waals surface area contributed by atoms with Crippen molar-refractivity contribution in [2.45, 2.75) is 6.92 Å². The van der Waals surface area contributed by atoms with Crippen LogP contribution in [0.25, 0.3) is 0 Å². The summed E-state index contributed by atoms with van der Waals surface area (Å²) in [4.78, 5) is 0. The summed E-state index contributed by atoms with van der Waals surface area (Å²) in [5.74, 6) is 0.789. The topological polar surface area (TPSA) is 21.3 Å². The largest absolute Gasteiger partial charge is 0.380 e. The number of fused-ring (bicyclic) bond motifs is 1. The van der Waals surface area contributed by atoms with E-state index in [1.165, 1.54) is 0 Å². The molecule has 2 atom stereocenters. The van der Waals surface area contributed by atoms with Crippen molar-refractivity contribution < 1.29 is 4.74 Å². The van der Waals surface area contributed by atoms with E-state index in [0.717, 1.165) is 32.2 Å². The third-order valence-electron chi connectivity index (χ3n) is 2.66. The van der Waals surface area contributed by atoms with Crippen LogP contribution in [0.2, 0.25) is 0 Å². The van der Waals surface area contributed by atoms with E-state index in [4.69, 9.17) is 4.74 Å². The fraction of sp³-hybridized carbons (Fsp3) is 1.00. The third kappa shape index (κ3) is 1.04. The highest BCUT2D eigenvalue weighted by atomic mass is 35.5. The number of halogens is 1. The van der Waals surface area contributed by atoms with Crippen molar-refractivity contribution in [2.75, 3.05) is 26.3 Å². The lowest BCUT2D eigenvalue weighted by molar-refractivity contribution is 0.158. The zero-order chi connectivity index (χ0) is 6.32. The van der Waals surface area contributed by atoms with E-state index < -0.39 is 0 Å². The minimum absolute atomic E-state index is 0. The lowest BCUT2D eigenvalue weighted by atomic mass is 9.84. The minimum Gasteiger partial charge on any atom is -0.380 e. The second kappa shape index (κ2) is 2.68. The highest BCUT2D eigenvalue weighted by Gasteiger charge is 2.43. The van der Waals surface area contributed by atoms with E-state index in [-0.39, 0.29) is 12.4 Å². The predicted molar refractivity (Wildman–Crippen MR) is 42.5 cm³/mol. The summed E-state index contributed by atoms with van der Waals surface area (Å²) >= 11 is 0. The van der Waals surface area contributed by atoms with E-state index in [1.54, 1.807) is 0 Å². The zero-order valence-corrected chi connectivity index (χ0v) is 7.04. The summed E-state index contributed by atoms with van der Waals surface area (Å²) in [5.41, 5.74) is 0.472. The maximum atomic E-state index is 5.37. The molecule has 0 bridgehead atoms. The van der Waals surface area contributed by atoms with E-state index in [2.05, 4.69) is 12.2 Å². The van der Waals surface area contributed by atoms with Gasteiger partial charge in [0.1, 0.15) is 0 Å². The van der Waals surface area contributed by atoms with Gasteiger partial charge in [0, 0.05) is 24.4 Å². The van der Waals surface area contributed by atoms with Crippen molar-refractivity contribution in [2.24, 2.45) is 11.3 Å². The Labute approximate surface area is 67.7 Å². The van der Waals surface area contributed by atoms with Crippen LogP contribution in [0.4, 0.5) is 0 Å². The van der Waals surface area contributed by atoms with E-state index >= 15 is 0 Å². The van der Waals surface area contributed by atoms with Crippen molar-refractivity contribution in [1.29, 1.82) is 0 Å². The van der Waals surface area contributed by atoms with Crippen molar-refractivity contribution in [3.05, 3.63) is 0 Å². The van der Waals surface area contributed by atoms with Crippen molar-refractivity contribution in [3.8, 4) is 0 Å². The number of nitrogens with one attached hydrogen (secondary N) is 1. The summed E-state index contributed by atoms with van der Waals surface area (Å²) in [6.45, 7) is 6.56. The smallest absolute Gasteiger partial charge is 0.0536 e. The molecule has 2 rings (SSSR count). The summed E-state index contributed by atoms with van der Waals surface area (Å²) < 4.78 is 5.37. The van der Waals surface area contributed by atoms with Gasteiger partial charge in [0.15, 0.2) is 0 Å². The van der Waals surface area contributed by atoms with Gasteiger partial charge in [0.25, 0.3) is 0 Å². The van der Waals surface area contributed by atoms with Crippen molar-refractivity contribution in [1.82, 2.24) is 5.32 Å². The normalized spacial score (nSPS) is 44.7. The number of rotatable bonds is 0. The van der Waals surface area contributed by atoms with Crippen molar-refractivity contribution in [3.63, 3.8) is 0 Å². The maximum Gasteiger partial charge on any atom is 0.0536 e. The molecule has 1 N–H and O–H groups in total. The summed E-state index contributed by atoms with van der Waals surface area (Å²) in [6.07, 6.45) is 0. The fourth-order valence-corrected chi connectivity index (χ4v) is 1.79. The van der Waals surface area contributed by atoms with E-state index in [0.29, 0.717) is 5.41 Å². The Kier molecular flexibility index (Phi) is 2.23.